The summed E-state index contributed by atoms with van der Waals surface area (Å²) in [6.45, 7) is 6.83. The minimum atomic E-state index is -0.819. The Morgan fingerprint density at radius 3 is 2.86 bits per heavy atom. The summed E-state index contributed by atoms with van der Waals surface area (Å²) >= 11 is 0. The lowest BCUT2D eigenvalue weighted by Crippen LogP contribution is -2.47. The summed E-state index contributed by atoms with van der Waals surface area (Å²) in [6.07, 6.45) is 11.0. The van der Waals surface area contributed by atoms with Gasteiger partial charge in [0.25, 0.3) is 0 Å². The van der Waals surface area contributed by atoms with Crippen LogP contribution in [0.3, 0.4) is 0 Å². The average Bonchev–Trinajstić information content (AvgIpc) is 3.62. The van der Waals surface area contributed by atoms with E-state index in [4.69, 9.17) is 11.2 Å². The van der Waals surface area contributed by atoms with Crippen LogP contribution in [0.15, 0.2) is 54.5 Å². The molecule has 10 heteroatoms. The Labute approximate surface area is 251 Å². The summed E-state index contributed by atoms with van der Waals surface area (Å²) in [6, 6.07) is 5.37. The Bertz CT molecular complexity index is 1990. The van der Waals surface area contributed by atoms with E-state index < -0.39 is 11.6 Å². The fraction of sp³-hybridized carbons (Fsp3) is 0.324. The Hall–Kier alpha value is -4.62. The zero-order valence-corrected chi connectivity index (χ0v) is 23.8. The summed E-state index contributed by atoms with van der Waals surface area (Å²) in [5.41, 5.74) is 0.774. The van der Waals surface area contributed by atoms with Crippen molar-refractivity contribution < 1.29 is 23.0 Å². The van der Waals surface area contributed by atoms with Gasteiger partial charge in [-0.1, -0.05) is 24.1 Å². The summed E-state index contributed by atoms with van der Waals surface area (Å²) in [4.78, 5) is 17.7. The quantitative estimate of drug-likeness (QED) is 0.227. The van der Waals surface area contributed by atoms with Crippen LogP contribution in [0.5, 0.6) is 11.8 Å². The van der Waals surface area contributed by atoms with E-state index in [0.29, 0.717) is 42.6 Å². The number of rotatable bonds is 5. The largest absolute Gasteiger partial charge is 0.508 e. The lowest BCUT2D eigenvalue weighted by Gasteiger charge is -2.34. The van der Waals surface area contributed by atoms with Gasteiger partial charge in [-0.25, -0.2) is 13.2 Å². The van der Waals surface area contributed by atoms with E-state index in [1.54, 1.807) is 4.90 Å². The maximum Gasteiger partial charge on any atom is 0.319 e. The van der Waals surface area contributed by atoms with E-state index in [2.05, 4.69) is 32.4 Å². The van der Waals surface area contributed by atoms with Crippen molar-refractivity contribution in [3.63, 3.8) is 0 Å². The molecule has 0 spiro atoms. The lowest BCUT2D eigenvalue weighted by atomic mass is 9.91. The molecule has 1 saturated carbocycles. The molecule has 3 atom stereocenters. The number of piperidine rings is 1. The van der Waals surface area contributed by atoms with Gasteiger partial charge in [-0.15, -0.1) is 6.42 Å². The molecule has 4 aromatic rings. The predicted molar refractivity (Wildman–Crippen MR) is 161 cm³/mol. The molecule has 7 nitrogen and oxygen atoms in total. The third-order valence-corrected chi connectivity index (χ3v) is 9.62. The van der Waals surface area contributed by atoms with Gasteiger partial charge in [-0.2, -0.15) is 9.97 Å². The number of hydrogen-bond acceptors (Lipinski definition) is 7. The monoisotopic (exact) mass is 595 g/mol. The van der Waals surface area contributed by atoms with Crippen molar-refractivity contribution in [2.45, 2.75) is 24.8 Å². The molecule has 4 aliphatic rings. The number of hydrogen-bond donors (Lipinski definition) is 1. The molecule has 8 rings (SSSR count). The Balaban J connectivity index is 1.28. The highest BCUT2D eigenvalue weighted by Gasteiger charge is 2.64. The van der Waals surface area contributed by atoms with E-state index >= 15 is 4.39 Å². The molecule has 1 N–H and O–H groups in total. The Morgan fingerprint density at radius 1 is 1.18 bits per heavy atom. The molecule has 2 aromatic carbocycles. The van der Waals surface area contributed by atoms with Gasteiger partial charge >= 0.3 is 6.01 Å². The number of fused-ring (bicyclic) bond motifs is 5. The summed E-state index contributed by atoms with van der Waals surface area (Å²) in [5.74, 6) is 1.89. The normalized spacial score (nSPS) is 24.4. The fourth-order valence-corrected chi connectivity index (χ4v) is 7.62. The number of pyridine rings is 1. The molecular formula is C34H28F3N5O2. The third-order valence-electron chi connectivity index (χ3n) is 9.62. The molecule has 0 unspecified atom stereocenters. The first-order chi connectivity index (χ1) is 21.3. The fourth-order valence-electron chi connectivity index (χ4n) is 7.62. The van der Waals surface area contributed by atoms with E-state index in [1.807, 2.05) is 0 Å². The number of halogens is 3. The van der Waals surface area contributed by atoms with Crippen LogP contribution in [-0.2, 0) is 0 Å². The van der Waals surface area contributed by atoms with Gasteiger partial charge < -0.3 is 14.7 Å². The molecule has 2 aromatic heterocycles. The van der Waals surface area contributed by atoms with Crippen LogP contribution in [-0.4, -0.2) is 63.3 Å². The first-order valence-corrected chi connectivity index (χ1v) is 14.7. The van der Waals surface area contributed by atoms with Crippen LogP contribution in [0, 0.1) is 35.8 Å². The second kappa shape index (κ2) is 9.69. The molecule has 0 radical (unpaired) electrons. The highest BCUT2D eigenvalue weighted by atomic mass is 19.1. The average molecular weight is 596 g/mol. The number of nitrogens with zero attached hydrogens (tertiary/aromatic N) is 5. The Morgan fingerprint density at radius 2 is 2.05 bits per heavy atom. The second-order valence-corrected chi connectivity index (χ2v) is 12.3. The minimum Gasteiger partial charge on any atom is -0.508 e. The molecule has 0 amide bonds. The number of benzene rings is 2. The summed E-state index contributed by atoms with van der Waals surface area (Å²) in [5, 5.41) is 11.4. The van der Waals surface area contributed by atoms with Gasteiger partial charge in [0.05, 0.1) is 23.0 Å². The van der Waals surface area contributed by atoms with E-state index in [9.17, 15) is 13.9 Å². The van der Waals surface area contributed by atoms with Crippen LogP contribution in [0.4, 0.5) is 19.0 Å². The predicted octanol–water partition coefficient (Wildman–Crippen LogP) is 5.90. The van der Waals surface area contributed by atoms with Crippen molar-refractivity contribution in [3.05, 3.63) is 71.7 Å². The van der Waals surface area contributed by atoms with Crippen LogP contribution < -0.4 is 9.64 Å². The number of phenolic OH excluding ortho intramolecular Hbond substituents is 1. The van der Waals surface area contributed by atoms with Crippen LogP contribution in [0.2, 0.25) is 0 Å². The van der Waals surface area contributed by atoms with E-state index in [1.165, 1.54) is 36.5 Å². The van der Waals surface area contributed by atoms with Crippen molar-refractivity contribution in [1.82, 2.24) is 19.9 Å². The van der Waals surface area contributed by atoms with Crippen molar-refractivity contribution in [3.8, 4) is 35.4 Å². The van der Waals surface area contributed by atoms with Crippen molar-refractivity contribution in [1.29, 1.82) is 0 Å². The maximum absolute atomic E-state index is 16.7. The third kappa shape index (κ3) is 4.06. The topological polar surface area (TPSA) is 74.6 Å². The highest BCUT2D eigenvalue weighted by Crippen LogP contribution is 2.60. The molecule has 1 aliphatic carbocycles. The molecule has 0 bridgehead atoms. The molecule has 44 heavy (non-hydrogen) atoms. The molecule has 2 saturated heterocycles. The maximum atomic E-state index is 16.7. The van der Waals surface area contributed by atoms with Crippen LogP contribution in [0.25, 0.3) is 32.9 Å². The SMILES string of the molecule is C#Cc1c(F)ccc2cc(O)cc(-c3ncc4c(N5CCC=C(F)C5)nc(OC[C@@]56CC(=C)CN5C[C@H]5C[C@H]56)nc4c3F)c12. The summed E-state index contributed by atoms with van der Waals surface area (Å²) in [7, 11) is 0. The van der Waals surface area contributed by atoms with Crippen molar-refractivity contribution in [2.75, 3.05) is 37.7 Å². The first-order valence-electron chi connectivity index (χ1n) is 14.7. The van der Waals surface area contributed by atoms with Gasteiger partial charge in [0.2, 0.25) is 0 Å². The van der Waals surface area contributed by atoms with E-state index in [-0.39, 0.29) is 62.8 Å². The van der Waals surface area contributed by atoms with Crippen LogP contribution >= 0.6 is 0 Å². The highest BCUT2D eigenvalue weighted by molar-refractivity contribution is 6.03. The van der Waals surface area contributed by atoms with Crippen molar-refractivity contribution in [2.24, 2.45) is 11.8 Å². The molecule has 3 aliphatic heterocycles. The first kappa shape index (κ1) is 27.0. The standard InChI is InChI=1S/C34H28F3N5O2/c1-3-23-27(36)7-6-19-9-22(43)11-24(28(19)23)30-29(37)31-25(13-38-30)32(41-8-4-5-21(35)16-41)40-33(39-31)44-17-34-12-18(2)14-42(34)15-20-10-26(20)34/h1,5-7,9,11,13,20,26,43H,2,4,8,10,12,14-17H2/t20-,26-,34-/m1/s1. The lowest BCUT2D eigenvalue weighted by molar-refractivity contribution is 0.0830. The van der Waals surface area contributed by atoms with Gasteiger partial charge in [0.15, 0.2) is 5.82 Å². The van der Waals surface area contributed by atoms with Gasteiger partial charge in [0.1, 0.15) is 41.0 Å². The van der Waals surface area contributed by atoms with Gasteiger partial charge in [-0.3, -0.25) is 9.88 Å². The molecular weight excluding hydrogens is 567 g/mol. The zero-order valence-electron chi connectivity index (χ0n) is 23.8. The number of anilines is 1. The molecule has 222 valence electrons. The number of ether oxygens (including phenoxy) is 1. The Kier molecular flexibility index (Phi) is 5.94. The second-order valence-electron chi connectivity index (χ2n) is 12.3. The number of terminal acetylenes is 1. The van der Waals surface area contributed by atoms with Crippen LogP contribution in [0.1, 0.15) is 24.8 Å². The molecule has 3 fully saturated rings. The summed E-state index contributed by atoms with van der Waals surface area (Å²) < 4.78 is 52.2. The van der Waals surface area contributed by atoms with Gasteiger partial charge in [0, 0.05) is 36.8 Å². The van der Waals surface area contributed by atoms with E-state index in [0.717, 1.165) is 31.5 Å². The number of phenols is 1. The smallest absolute Gasteiger partial charge is 0.319 e. The number of aromatic hydroxyl groups is 1. The van der Waals surface area contributed by atoms with Gasteiger partial charge in [-0.05, 0) is 60.8 Å². The molecule has 5 heterocycles. The minimum absolute atomic E-state index is 0.0226. The number of aromatic nitrogens is 3. The zero-order chi connectivity index (χ0) is 30.3. The van der Waals surface area contributed by atoms with Crippen molar-refractivity contribution >= 4 is 27.5 Å².